The average molecular weight is 315 g/mol. The SMILES string of the molecule is CNc1cc(NC2CN(C)CC2OC)nc2nc(C)cc(C)c12. The maximum Gasteiger partial charge on any atom is 0.164 e. The van der Waals surface area contributed by atoms with Gasteiger partial charge in [0.25, 0.3) is 0 Å². The Bertz CT molecular complexity index is 718. The van der Waals surface area contributed by atoms with Gasteiger partial charge in [-0.1, -0.05) is 0 Å². The molecule has 0 radical (unpaired) electrons. The van der Waals surface area contributed by atoms with Gasteiger partial charge in [-0.05, 0) is 32.5 Å². The summed E-state index contributed by atoms with van der Waals surface area (Å²) in [5.41, 5.74) is 3.99. The number of aryl methyl sites for hydroxylation is 2. The van der Waals surface area contributed by atoms with E-state index in [2.05, 4.69) is 46.6 Å². The summed E-state index contributed by atoms with van der Waals surface area (Å²) in [6, 6.07) is 4.37. The van der Waals surface area contributed by atoms with E-state index < -0.39 is 0 Å². The van der Waals surface area contributed by atoms with Gasteiger partial charge in [0.1, 0.15) is 5.82 Å². The standard InChI is InChI=1S/C17H25N5O/c1-10-6-11(2)19-17-16(10)12(18-3)7-15(21-17)20-13-8-22(4)9-14(13)23-5/h6-7,13-14H,8-9H2,1-5H3,(H2,18,19,20,21). The van der Waals surface area contributed by atoms with Crippen LogP contribution < -0.4 is 10.6 Å². The van der Waals surface area contributed by atoms with Crippen LogP contribution in [0.4, 0.5) is 11.5 Å². The number of ether oxygens (including phenoxy) is 1. The Morgan fingerprint density at radius 2 is 2.00 bits per heavy atom. The fourth-order valence-electron chi connectivity index (χ4n) is 3.39. The van der Waals surface area contributed by atoms with Crippen LogP contribution in [0, 0.1) is 13.8 Å². The Morgan fingerprint density at radius 3 is 2.70 bits per heavy atom. The molecule has 124 valence electrons. The summed E-state index contributed by atoms with van der Waals surface area (Å²) >= 11 is 0. The van der Waals surface area contributed by atoms with E-state index in [4.69, 9.17) is 9.72 Å². The molecule has 2 N–H and O–H groups in total. The number of hydrogen-bond donors (Lipinski definition) is 2. The molecule has 1 saturated heterocycles. The summed E-state index contributed by atoms with van der Waals surface area (Å²) in [5.74, 6) is 0.835. The van der Waals surface area contributed by atoms with Crippen LogP contribution in [0.5, 0.6) is 0 Å². The van der Waals surface area contributed by atoms with Crippen LogP contribution in [0.3, 0.4) is 0 Å². The van der Waals surface area contributed by atoms with Crippen LogP contribution in [0.2, 0.25) is 0 Å². The predicted molar refractivity (Wildman–Crippen MR) is 94.3 cm³/mol. The smallest absolute Gasteiger partial charge is 0.164 e. The van der Waals surface area contributed by atoms with Crippen molar-refractivity contribution in [3.63, 3.8) is 0 Å². The van der Waals surface area contributed by atoms with E-state index in [0.717, 1.165) is 41.3 Å². The molecule has 3 rings (SSSR count). The van der Waals surface area contributed by atoms with Gasteiger partial charge >= 0.3 is 0 Å². The number of nitrogens with zero attached hydrogens (tertiary/aromatic N) is 3. The van der Waals surface area contributed by atoms with E-state index in [0.29, 0.717) is 0 Å². The number of aromatic nitrogens is 2. The largest absolute Gasteiger partial charge is 0.387 e. The summed E-state index contributed by atoms with van der Waals surface area (Å²) in [7, 11) is 5.80. The molecule has 2 aromatic rings. The molecular weight excluding hydrogens is 290 g/mol. The van der Waals surface area contributed by atoms with E-state index in [-0.39, 0.29) is 12.1 Å². The molecule has 2 unspecified atom stereocenters. The molecule has 3 heterocycles. The lowest BCUT2D eigenvalue weighted by Crippen LogP contribution is -2.33. The van der Waals surface area contributed by atoms with Crippen molar-refractivity contribution >= 4 is 22.5 Å². The van der Waals surface area contributed by atoms with Crippen LogP contribution in [0.1, 0.15) is 11.3 Å². The third kappa shape index (κ3) is 3.09. The van der Waals surface area contributed by atoms with Gasteiger partial charge in [0.15, 0.2) is 5.65 Å². The third-order valence-corrected chi connectivity index (χ3v) is 4.46. The minimum atomic E-state index is 0.169. The van der Waals surface area contributed by atoms with E-state index in [1.54, 1.807) is 7.11 Å². The van der Waals surface area contributed by atoms with Crippen molar-refractivity contribution in [3.05, 3.63) is 23.4 Å². The molecule has 1 aliphatic rings. The van der Waals surface area contributed by atoms with Gasteiger partial charge in [0, 0.05) is 50.1 Å². The Kier molecular flexibility index (Phi) is 4.37. The second kappa shape index (κ2) is 6.29. The molecule has 6 heteroatoms. The summed E-state index contributed by atoms with van der Waals surface area (Å²) in [6.07, 6.45) is 0.169. The minimum absolute atomic E-state index is 0.169. The Labute approximate surface area is 137 Å². The van der Waals surface area contributed by atoms with Crippen LogP contribution in [0.25, 0.3) is 11.0 Å². The lowest BCUT2D eigenvalue weighted by atomic mass is 10.1. The molecule has 1 fully saturated rings. The average Bonchev–Trinajstić information content (AvgIpc) is 2.85. The second-order valence-electron chi connectivity index (χ2n) is 6.33. The highest BCUT2D eigenvalue weighted by atomic mass is 16.5. The van der Waals surface area contributed by atoms with E-state index in [9.17, 15) is 0 Å². The Balaban J connectivity index is 1.98. The van der Waals surface area contributed by atoms with Gasteiger partial charge in [-0.3, -0.25) is 0 Å². The predicted octanol–water partition coefficient (Wildman–Crippen LogP) is 2.03. The first-order chi connectivity index (χ1) is 11.0. The van der Waals surface area contributed by atoms with Crippen LogP contribution >= 0.6 is 0 Å². The molecular formula is C17H25N5O. The Morgan fingerprint density at radius 1 is 1.22 bits per heavy atom. The fraction of sp³-hybridized carbons (Fsp3) is 0.529. The topological polar surface area (TPSA) is 62.3 Å². The van der Waals surface area contributed by atoms with Gasteiger partial charge in [0.05, 0.1) is 12.1 Å². The number of likely N-dealkylation sites (tertiary alicyclic amines) is 1. The van der Waals surface area contributed by atoms with E-state index in [1.807, 2.05) is 14.0 Å². The molecule has 0 spiro atoms. The first-order valence-corrected chi connectivity index (χ1v) is 7.96. The molecule has 0 aromatic carbocycles. The van der Waals surface area contributed by atoms with Crippen LogP contribution in [-0.2, 0) is 4.74 Å². The van der Waals surface area contributed by atoms with Gasteiger partial charge in [-0.15, -0.1) is 0 Å². The molecule has 2 aromatic heterocycles. The molecule has 0 bridgehead atoms. The zero-order valence-electron chi connectivity index (χ0n) is 14.5. The van der Waals surface area contributed by atoms with Gasteiger partial charge in [0.2, 0.25) is 0 Å². The first-order valence-electron chi connectivity index (χ1n) is 7.96. The number of pyridine rings is 2. The monoisotopic (exact) mass is 315 g/mol. The number of anilines is 2. The highest BCUT2D eigenvalue weighted by molar-refractivity contribution is 5.93. The summed E-state index contributed by atoms with van der Waals surface area (Å²) < 4.78 is 5.59. The molecule has 6 nitrogen and oxygen atoms in total. The fourth-order valence-corrected chi connectivity index (χ4v) is 3.39. The molecule has 23 heavy (non-hydrogen) atoms. The van der Waals surface area contributed by atoms with Crippen molar-refractivity contribution in [1.29, 1.82) is 0 Å². The summed E-state index contributed by atoms with van der Waals surface area (Å²) in [6.45, 7) is 5.96. The number of fused-ring (bicyclic) bond motifs is 1. The first kappa shape index (κ1) is 16.0. The van der Waals surface area contributed by atoms with Crippen molar-refractivity contribution in [2.24, 2.45) is 0 Å². The van der Waals surface area contributed by atoms with Crippen molar-refractivity contribution in [3.8, 4) is 0 Å². The number of rotatable bonds is 4. The zero-order valence-corrected chi connectivity index (χ0v) is 14.5. The van der Waals surface area contributed by atoms with Gasteiger partial charge in [-0.2, -0.15) is 0 Å². The number of methoxy groups -OCH3 is 1. The maximum absolute atomic E-state index is 5.59. The zero-order chi connectivity index (χ0) is 16.6. The normalized spacial score (nSPS) is 21.8. The maximum atomic E-state index is 5.59. The minimum Gasteiger partial charge on any atom is -0.387 e. The van der Waals surface area contributed by atoms with Crippen LogP contribution in [0.15, 0.2) is 12.1 Å². The van der Waals surface area contributed by atoms with Gasteiger partial charge in [-0.25, -0.2) is 9.97 Å². The Hall–Kier alpha value is -1.92. The number of hydrogen-bond acceptors (Lipinski definition) is 6. The van der Waals surface area contributed by atoms with Gasteiger partial charge < -0.3 is 20.3 Å². The number of nitrogens with one attached hydrogen (secondary N) is 2. The van der Waals surface area contributed by atoms with Crippen LogP contribution in [-0.4, -0.2) is 61.3 Å². The quantitative estimate of drug-likeness (QED) is 0.900. The van der Waals surface area contributed by atoms with Crippen molar-refractivity contribution in [2.75, 3.05) is 44.9 Å². The highest BCUT2D eigenvalue weighted by Crippen LogP contribution is 2.28. The summed E-state index contributed by atoms with van der Waals surface area (Å²) in [4.78, 5) is 11.6. The van der Waals surface area contributed by atoms with E-state index in [1.165, 1.54) is 5.56 Å². The molecule has 0 aliphatic carbocycles. The lowest BCUT2D eigenvalue weighted by Gasteiger charge is -2.20. The number of likely N-dealkylation sites (N-methyl/N-ethyl adjacent to an activating group) is 1. The molecule has 0 saturated carbocycles. The van der Waals surface area contributed by atoms with Crippen molar-refractivity contribution in [2.45, 2.75) is 26.0 Å². The molecule has 0 amide bonds. The van der Waals surface area contributed by atoms with Crippen molar-refractivity contribution in [1.82, 2.24) is 14.9 Å². The molecule has 1 aliphatic heterocycles. The second-order valence-corrected chi connectivity index (χ2v) is 6.33. The summed E-state index contributed by atoms with van der Waals surface area (Å²) in [5, 5.41) is 7.87. The highest BCUT2D eigenvalue weighted by Gasteiger charge is 2.31. The lowest BCUT2D eigenvalue weighted by molar-refractivity contribution is 0.104. The van der Waals surface area contributed by atoms with Crippen molar-refractivity contribution < 1.29 is 4.74 Å². The molecule has 2 atom stereocenters. The van der Waals surface area contributed by atoms with E-state index >= 15 is 0 Å². The third-order valence-electron chi connectivity index (χ3n) is 4.46.